The van der Waals surface area contributed by atoms with Crippen LogP contribution < -0.4 is 15.2 Å². The Bertz CT molecular complexity index is 576. The highest BCUT2D eigenvalue weighted by Crippen LogP contribution is 2.22. The number of rotatable bonds is 6. The molecule has 0 aliphatic rings. The number of nitrogens with two attached hydrogens (primary N) is 1. The monoisotopic (exact) mass is 285 g/mol. The minimum absolute atomic E-state index is 0.174. The normalized spacial score (nSPS) is 12.0. The van der Waals surface area contributed by atoms with Gasteiger partial charge in [-0.1, -0.05) is 23.8 Å². The highest BCUT2D eigenvalue weighted by molar-refractivity contribution is 5.37. The molecule has 0 aromatic heterocycles. The molecule has 0 aliphatic carbocycles. The van der Waals surface area contributed by atoms with Crippen molar-refractivity contribution in [2.24, 2.45) is 5.73 Å². The van der Waals surface area contributed by atoms with E-state index in [0.717, 1.165) is 23.5 Å². The van der Waals surface area contributed by atoms with Gasteiger partial charge in [0, 0.05) is 11.6 Å². The number of aryl methyl sites for hydroxylation is 1. The van der Waals surface area contributed by atoms with Gasteiger partial charge in [0.1, 0.15) is 18.1 Å². The Balaban J connectivity index is 2.01. The summed E-state index contributed by atoms with van der Waals surface area (Å²) in [5, 5.41) is 0. The standard InChI is InChI=1S/C18H23NO2/c1-13-4-9-18(20-3)16(10-13)12-21-17-7-5-15(6-8-17)11-14(2)19/h4-10,14H,11-12,19H2,1-3H3. The van der Waals surface area contributed by atoms with Gasteiger partial charge in [-0.2, -0.15) is 0 Å². The van der Waals surface area contributed by atoms with Crippen LogP contribution >= 0.6 is 0 Å². The topological polar surface area (TPSA) is 44.5 Å². The van der Waals surface area contributed by atoms with Crippen LogP contribution in [0, 0.1) is 6.92 Å². The van der Waals surface area contributed by atoms with Crippen LogP contribution in [0.15, 0.2) is 42.5 Å². The minimum Gasteiger partial charge on any atom is -0.496 e. The maximum absolute atomic E-state index is 5.84. The average Bonchev–Trinajstić information content (AvgIpc) is 2.46. The van der Waals surface area contributed by atoms with Gasteiger partial charge in [0.25, 0.3) is 0 Å². The van der Waals surface area contributed by atoms with Gasteiger partial charge in [-0.25, -0.2) is 0 Å². The van der Waals surface area contributed by atoms with Gasteiger partial charge in [-0.15, -0.1) is 0 Å². The molecule has 0 heterocycles. The van der Waals surface area contributed by atoms with Gasteiger partial charge < -0.3 is 15.2 Å². The SMILES string of the molecule is COc1ccc(C)cc1COc1ccc(CC(C)N)cc1. The Morgan fingerprint density at radius 1 is 1.10 bits per heavy atom. The zero-order valence-corrected chi connectivity index (χ0v) is 12.9. The van der Waals surface area contributed by atoms with Crippen molar-refractivity contribution in [1.82, 2.24) is 0 Å². The smallest absolute Gasteiger partial charge is 0.125 e. The quantitative estimate of drug-likeness (QED) is 0.884. The minimum atomic E-state index is 0.174. The van der Waals surface area contributed by atoms with Gasteiger partial charge in [0.05, 0.1) is 7.11 Å². The molecule has 0 saturated heterocycles. The fourth-order valence-electron chi connectivity index (χ4n) is 2.27. The molecular weight excluding hydrogens is 262 g/mol. The second-order valence-electron chi connectivity index (χ2n) is 5.43. The highest BCUT2D eigenvalue weighted by Gasteiger charge is 2.05. The van der Waals surface area contributed by atoms with Crippen molar-refractivity contribution < 1.29 is 9.47 Å². The largest absolute Gasteiger partial charge is 0.496 e. The number of methoxy groups -OCH3 is 1. The molecule has 2 aromatic rings. The lowest BCUT2D eigenvalue weighted by atomic mass is 10.1. The van der Waals surface area contributed by atoms with Crippen molar-refractivity contribution in [3.05, 3.63) is 59.2 Å². The predicted octanol–water partition coefficient (Wildman–Crippen LogP) is 3.47. The first kappa shape index (κ1) is 15.4. The molecular formula is C18H23NO2. The zero-order chi connectivity index (χ0) is 15.2. The van der Waals surface area contributed by atoms with Crippen LogP contribution in [-0.4, -0.2) is 13.2 Å². The number of hydrogen-bond donors (Lipinski definition) is 1. The molecule has 0 spiro atoms. The number of ether oxygens (including phenoxy) is 2. The van der Waals surface area contributed by atoms with E-state index in [0.29, 0.717) is 6.61 Å². The molecule has 3 nitrogen and oxygen atoms in total. The average molecular weight is 285 g/mol. The first-order chi connectivity index (χ1) is 10.1. The molecule has 21 heavy (non-hydrogen) atoms. The van der Waals surface area contributed by atoms with E-state index in [1.165, 1.54) is 11.1 Å². The Labute approximate surface area is 126 Å². The first-order valence-corrected chi connectivity index (χ1v) is 7.19. The lowest BCUT2D eigenvalue weighted by Crippen LogP contribution is -2.17. The third kappa shape index (κ3) is 4.50. The van der Waals surface area contributed by atoms with E-state index in [9.17, 15) is 0 Å². The summed E-state index contributed by atoms with van der Waals surface area (Å²) in [5.74, 6) is 1.71. The van der Waals surface area contributed by atoms with Crippen LogP contribution in [-0.2, 0) is 13.0 Å². The molecule has 2 N–H and O–H groups in total. The van der Waals surface area contributed by atoms with Gasteiger partial charge in [-0.3, -0.25) is 0 Å². The summed E-state index contributed by atoms with van der Waals surface area (Å²) in [4.78, 5) is 0. The molecule has 0 amide bonds. The highest BCUT2D eigenvalue weighted by atomic mass is 16.5. The second-order valence-corrected chi connectivity index (χ2v) is 5.43. The molecule has 0 radical (unpaired) electrons. The lowest BCUT2D eigenvalue weighted by molar-refractivity contribution is 0.296. The fraction of sp³-hybridized carbons (Fsp3) is 0.333. The zero-order valence-electron chi connectivity index (χ0n) is 12.9. The maximum atomic E-state index is 5.84. The summed E-state index contributed by atoms with van der Waals surface area (Å²) >= 11 is 0. The molecule has 2 aromatic carbocycles. The molecule has 0 bridgehead atoms. The summed E-state index contributed by atoms with van der Waals surface area (Å²) < 4.78 is 11.2. The lowest BCUT2D eigenvalue weighted by Gasteiger charge is -2.12. The van der Waals surface area contributed by atoms with Gasteiger partial charge in [0.2, 0.25) is 0 Å². The third-order valence-electron chi connectivity index (χ3n) is 3.31. The van der Waals surface area contributed by atoms with Gasteiger partial charge >= 0.3 is 0 Å². The van der Waals surface area contributed by atoms with E-state index in [4.69, 9.17) is 15.2 Å². The van der Waals surface area contributed by atoms with E-state index in [1.54, 1.807) is 7.11 Å². The Morgan fingerprint density at radius 3 is 2.43 bits per heavy atom. The summed E-state index contributed by atoms with van der Waals surface area (Å²) in [6.45, 7) is 4.57. The van der Waals surface area contributed by atoms with Crippen LogP contribution in [0.4, 0.5) is 0 Å². The Hall–Kier alpha value is -2.00. The van der Waals surface area contributed by atoms with Crippen LogP contribution in [0.25, 0.3) is 0 Å². The summed E-state index contributed by atoms with van der Waals surface area (Å²) in [7, 11) is 1.68. The first-order valence-electron chi connectivity index (χ1n) is 7.19. The maximum Gasteiger partial charge on any atom is 0.125 e. The summed E-state index contributed by atoms with van der Waals surface area (Å²) in [5.41, 5.74) is 9.27. The second kappa shape index (κ2) is 7.14. The van der Waals surface area contributed by atoms with Crippen molar-refractivity contribution in [2.75, 3.05) is 7.11 Å². The predicted molar refractivity (Wildman–Crippen MR) is 85.9 cm³/mol. The molecule has 3 heteroatoms. The van der Waals surface area contributed by atoms with Crippen LogP contribution in [0.1, 0.15) is 23.6 Å². The van der Waals surface area contributed by atoms with E-state index in [-0.39, 0.29) is 6.04 Å². The summed E-state index contributed by atoms with van der Waals surface area (Å²) in [6.07, 6.45) is 0.881. The van der Waals surface area contributed by atoms with Gasteiger partial charge in [0.15, 0.2) is 0 Å². The number of hydrogen-bond acceptors (Lipinski definition) is 3. The van der Waals surface area contributed by atoms with E-state index in [1.807, 2.05) is 31.2 Å². The van der Waals surface area contributed by atoms with Crippen LogP contribution in [0.5, 0.6) is 11.5 Å². The van der Waals surface area contributed by atoms with Crippen molar-refractivity contribution in [3.63, 3.8) is 0 Å². The van der Waals surface area contributed by atoms with E-state index < -0.39 is 0 Å². The van der Waals surface area contributed by atoms with Crippen LogP contribution in [0.3, 0.4) is 0 Å². The molecule has 112 valence electrons. The summed E-state index contributed by atoms with van der Waals surface area (Å²) in [6, 6.07) is 14.4. The molecule has 1 unspecified atom stereocenters. The molecule has 2 rings (SSSR count). The van der Waals surface area contributed by atoms with Crippen molar-refractivity contribution >= 4 is 0 Å². The molecule has 0 aliphatic heterocycles. The molecule has 0 saturated carbocycles. The van der Waals surface area contributed by atoms with Crippen molar-refractivity contribution in [3.8, 4) is 11.5 Å². The van der Waals surface area contributed by atoms with Crippen molar-refractivity contribution in [1.29, 1.82) is 0 Å². The Morgan fingerprint density at radius 2 is 1.81 bits per heavy atom. The molecule has 0 fully saturated rings. The van der Waals surface area contributed by atoms with Gasteiger partial charge in [-0.05, 0) is 50.1 Å². The molecule has 1 atom stereocenters. The van der Waals surface area contributed by atoms with Crippen LogP contribution in [0.2, 0.25) is 0 Å². The third-order valence-corrected chi connectivity index (χ3v) is 3.31. The van der Waals surface area contributed by atoms with Crippen molar-refractivity contribution in [2.45, 2.75) is 32.9 Å². The number of benzene rings is 2. The fourth-order valence-corrected chi connectivity index (χ4v) is 2.27. The Kier molecular flexibility index (Phi) is 5.23. The van der Waals surface area contributed by atoms with E-state index >= 15 is 0 Å². The van der Waals surface area contributed by atoms with E-state index in [2.05, 4.69) is 25.1 Å².